The van der Waals surface area contributed by atoms with Crippen LogP contribution in [0.2, 0.25) is 5.02 Å². The van der Waals surface area contributed by atoms with Gasteiger partial charge in [0.2, 0.25) is 5.91 Å². The molecule has 108 valence electrons. The predicted octanol–water partition coefficient (Wildman–Crippen LogP) is 3.71. The molecular weight excluding hydrogens is 290 g/mol. The molecule has 0 bridgehead atoms. The lowest BCUT2D eigenvalue weighted by molar-refractivity contribution is -0.111. The van der Waals surface area contributed by atoms with Gasteiger partial charge in [0.05, 0.1) is 12.8 Å². The lowest BCUT2D eigenvalue weighted by Gasteiger charge is -2.09. The maximum atomic E-state index is 11.9. The average molecular weight is 304 g/mol. The molecule has 2 rings (SSSR count). The zero-order chi connectivity index (χ0) is 15.2. The zero-order valence-corrected chi connectivity index (χ0v) is 12.1. The number of anilines is 1. The van der Waals surface area contributed by atoms with E-state index in [-0.39, 0.29) is 11.7 Å². The Kier molecular flexibility index (Phi) is 4.85. The van der Waals surface area contributed by atoms with Gasteiger partial charge in [-0.15, -0.1) is 0 Å². The van der Waals surface area contributed by atoms with Crippen molar-refractivity contribution in [3.8, 4) is 11.5 Å². The van der Waals surface area contributed by atoms with Gasteiger partial charge >= 0.3 is 0 Å². The Balaban J connectivity index is 2.12. The van der Waals surface area contributed by atoms with Gasteiger partial charge in [0.1, 0.15) is 11.5 Å². The maximum Gasteiger partial charge on any atom is 0.248 e. The molecule has 0 radical (unpaired) electrons. The number of hydrogen-bond donors (Lipinski definition) is 2. The van der Waals surface area contributed by atoms with Crippen molar-refractivity contribution in [3.63, 3.8) is 0 Å². The first-order chi connectivity index (χ1) is 10.1. The minimum atomic E-state index is -0.348. The van der Waals surface area contributed by atoms with E-state index in [1.165, 1.54) is 19.3 Å². The van der Waals surface area contributed by atoms with Crippen molar-refractivity contribution in [1.29, 1.82) is 0 Å². The number of ether oxygens (including phenoxy) is 1. The second-order valence-corrected chi connectivity index (χ2v) is 4.66. The van der Waals surface area contributed by atoms with Crippen molar-refractivity contribution in [2.24, 2.45) is 0 Å². The van der Waals surface area contributed by atoms with Crippen LogP contribution in [0.4, 0.5) is 5.69 Å². The van der Waals surface area contributed by atoms with Crippen LogP contribution in [0.3, 0.4) is 0 Å². The highest BCUT2D eigenvalue weighted by Gasteiger charge is 2.06. The molecule has 0 fully saturated rings. The number of benzene rings is 2. The molecule has 0 spiro atoms. The summed E-state index contributed by atoms with van der Waals surface area (Å²) in [6, 6.07) is 11.7. The highest BCUT2D eigenvalue weighted by molar-refractivity contribution is 6.31. The van der Waals surface area contributed by atoms with Crippen LogP contribution in [0.15, 0.2) is 48.5 Å². The van der Waals surface area contributed by atoms with Gasteiger partial charge in [-0.25, -0.2) is 0 Å². The first kappa shape index (κ1) is 14.9. The minimum absolute atomic E-state index is 0.113. The van der Waals surface area contributed by atoms with Crippen molar-refractivity contribution in [2.45, 2.75) is 0 Å². The number of phenolic OH excluding ortho intramolecular Hbond substituents is 1. The summed E-state index contributed by atoms with van der Waals surface area (Å²) >= 11 is 5.89. The third-order valence-corrected chi connectivity index (χ3v) is 3.01. The molecule has 0 aromatic heterocycles. The number of methoxy groups -OCH3 is 1. The third-order valence-electron chi connectivity index (χ3n) is 2.77. The fraction of sp³-hybridized carbons (Fsp3) is 0.0625. The van der Waals surface area contributed by atoms with Crippen molar-refractivity contribution >= 4 is 29.3 Å². The van der Waals surface area contributed by atoms with E-state index in [1.54, 1.807) is 42.5 Å². The molecule has 21 heavy (non-hydrogen) atoms. The summed E-state index contributed by atoms with van der Waals surface area (Å²) in [7, 11) is 1.51. The van der Waals surface area contributed by atoms with Gasteiger partial charge in [0.25, 0.3) is 0 Å². The van der Waals surface area contributed by atoms with Crippen LogP contribution >= 0.6 is 11.6 Å². The summed E-state index contributed by atoms with van der Waals surface area (Å²) in [6.45, 7) is 0. The molecule has 0 aliphatic rings. The first-order valence-electron chi connectivity index (χ1n) is 6.21. The molecule has 2 aromatic rings. The molecule has 0 aliphatic carbocycles. The topological polar surface area (TPSA) is 58.6 Å². The van der Waals surface area contributed by atoms with Gasteiger partial charge in [-0.1, -0.05) is 29.8 Å². The Hall–Kier alpha value is -2.46. The molecule has 0 heterocycles. The third kappa shape index (κ3) is 4.00. The molecule has 0 aliphatic heterocycles. The first-order valence-corrected chi connectivity index (χ1v) is 6.58. The predicted molar refractivity (Wildman–Crippen MR) is 83.8 cm³/mol. The van der Waals surface area contributed by atoms with E-state index in [2.05, 4.69) is 5.32 Å². The van der Waals surface area contributed by atoms with E-state index in [0.717, 1.165) is 0 Å². The van der Waals surface area contributed by atoms with Gasteiger partial charge in [0.15, 0.2) is 0 Å². The molecule has 0 saturated heterocycles. The molecule has 2 aromatic carbocycles. The van der Waals surface area contributed by atoms with Gasteiger partial charge in [-0.2, -0.15) is 0 Å². The summed E-state index contributed by atoms with van der Waals surface area (Å²) < 4.78 is 5.15. The van der Waals surface area contributed by atoms with Gasteiger partial charge < -0.3 is 15.2 Å². The monoisotopic (exact) mass is 303 g/mol. The Morgan fingerprint density at radius 3 is 2.76 bits per heavy atom. The Labute approximate surface area is 127 Å². The van der Waals surface area contributed by atoms with Crippen molar-refractivity contribution in [3.05, 3.63) is 59.1 Å². The quantitative estimate of drug-likeness (QED) is 0.847. The number of carbonyl (C=O) groups excluding carboxylic acids is 1. The SMILES string of the molecule is COc1ccc(Cl)cc1NC(=O)/C=C/c1ccccc1O. The van der Waals surface area contributed by atoms with Crippen LogP contribution in [0.1, 0.15) is 5.56 Å². The van der Waals surface area contributed by atoms with Crippen LogP contribution in [-0.4, -0.2) is 18.1 Å². The molecule has 0 atom stereocenters. The normalized spacial score (nSPS) is 10.6. The average Bonchev–Trinajstić information content (AvgIpc) is 2.47. The number of nitrogens with one attached hydrogen (secondary N) is 1. The van der Waals surface area contributed by atoms with E-state index < -0.39 is 0 Å². The highest BCUT2D eigenvalue weighted by Crippen LogP contribution is 2.27. The summed E-state index contributed by atoms with van der Waals surface area (Å²) in [4.78, 5) is 11.9. The minimum Gasteiger partial charge on any atom is -0.507 e. The number of para-hydroxylation sites is 1. The van der Waals surface area contributed by atoms with Crippen LogP contribution in [0.25, 0.3) is 6.08 Å². The standard InChI is InChI=1S/C16H14ClNO3/c1-21-15-8-7-12(17)10-13(15)18-16(20)9-6-11-4-2-3-5-14(11)19/h2-10,19H,1H3,(H,18,20)/b9-6+. The largest absolute Gasteiger partial charge is 0.507 e. The number of amides is 1. The Morgan fingerprint density at radius 2 is 2.05 bits per heavy atom. The van der Waals surface area contributed by atoms with Crippen molar-refractivity contribution in [1.82, 2.24) is 0 Å². The fourth-order valence-corrected chi connectivity index (χ4v) is 1.92. The van der Waals surface area contributed by atoms with Crippen molar-refractivity contribution in [2.75, 3.05) is 12.4 Å². The number of halogens is 1. The molecule has 0 saturated carbocycles. The van der Waals surface area contributed by atoms with Crippen molar-refractivity contribution < 1.29 is 14.6 Å². The summed E-state index contributed by atoms with van der Waals surface area (Å²) in [6.07, 6.45) is 2.86. The van der Waals surface area contributed by atoms with Crippen LogP contribution in [0.5, 0.6) is 11.5 Å². The molecule has 0 unspecified atom stereocenters. The number of carbonyl (C=O) groups is 1. The van der Waals surface area contributed by atoms with Gasteiger partial charge in [-0.3, -0.25) is 4.79 Å². The summed E-state index contributed by atoms with van der Waals surface area (Å²) in [5.41, 5.74) is 1.04. The number of hydrogen-bond acceptors (Lipinski definition) is 3. The Morgan fingerprint density at radius 1 is 1.29 bits per heavy atom. The molecule has 1 amide bonds. The molecule has 4 nitrogen and oxygen atoms in total. The lowest BCUT2D eigenvalue weighted by Crippen LogP contribution is -2.08. The van der Waals surface area contributed by atoms with Gasteiger partial charge in [-0.05, 0) is 30.3 Å². The summed E-state index contributed by atoms with van der Waals surface area (Å²) in [5, 5.41) is 12.8. The number of aromatic hydroxyl groups is 1. The number of rotatable bonds is 4. The zero-order valence-electron chi connectivity index (χ0n) is 11.3. The second-order valence-electron chi connectivity index (χ2n) is 4.23. The fourth-order valence-electron chi connectivity index (χ4n) is 1.75. The lowest BCUT2D eigenvalue weighted by atomic mass is 10.2. The van der Waals surface area contributed by atoms with E-state index in [9.17, 15) is 9.90 Å². The molecular formula is C16H14ClNO3. The molecule has 5 heteroatoms. The van der Waals surface area contributed by atoms with E-state index in [1.807, 2.05) is 0 Å². The Bertz CT molecular complexity index is 683. The smallest absolute Gasteiger partial charge is 0.248 e. The van der Waals surface area contributed by atoms with E-state index >= 15 is 0 Å². The van der Waals surface area contributed by atoms with E-state index in [4.69, 9.17) is 16.3 Å². The highest BCUT2D eigenvalue weighted by atomic mass is 35.5. The van der Waals surface area contributed by atoms with Gasteiger partial charge in [0, 0.05) is 16.7 Å². The van der Waals surface area contributed by atoms with E-state index in [0.29, 0.717) is 22.0 Å². The molecule has 2 N–H and O–H groups in total. The number of phenols is 1. The van der Waals surface area contributed by atoms with Crippen LogP contribution < -0.4 is 10.1 Å². The maximum absolute atomic E-state index is 11.9. The van der Waals surface area contributed by atoms with Crippen LogP contribution in [-0.2, 0) is 4.79 Å². The van der Waals surface area contributed by atoms with Crippen LogP contribution in [0, 0.1) is 0 Å². The summed E-state index contributed by atoms with van der Waals surface area (Å²) in [5.74, 6) is 0.282. The second kappa shape index (κ2) is 6.81.